The van der Waals surface area contributed by atoms with Crippen LogP contribution in [0.3, 0.4) is 0 Å². The molecule has 4 nitrogen and oxygen atoms in total. The molecule has 0 radical (unpaired) electrons. The predicted molar refractivity (Wildman–Crippen MR) is 134 cm³/mol. The van der Waals surface area contributed by atoms with Crippen molar-refractivity contribution in [2.45, 2.75) is 71.1 Å². The first-order chi connectivity index (χ1) is 16.0. The minimum Gasteiger partial charge on any atom is -0.295 e. The van der Waals surface area contributed by atoms with E-state index in [1.807, 2.05) is 25.1 Å². The Hall–Kier alpha value is -1.72. The molecule has 0 spiro atoms. The first-order valence-electron chi connectivity index (χ1n) is 12.9. The molecule has 0 saturated heterocycles. The summed E-state index contributed by atoms with van der Waals surface area (Å²) in [5.41, 5.74) is 2.58. The minimum absolute atomic E-state index is 0.115. The van der Waals surface area contributed by atoms with Crippen molar-refractivity contribution in [2.24, 2.45) is 40.4 Å². The summed E-state index contributed by atoms with van der Waals surface area (Å²) >= 11 is 0. The smallest absolute Gasteiger partial charge is 0.295 e. The number of fused-ring (bicyclic) bond motifs is 5. The molecule has 2 fully saturated rings. The Bertz CT molecular complexity index is 1130. The quantitative estimate of drug-likeness (QED) is 0.465. The monoisotopic (exact) mass is 482 g/mol. The Kier molecular flexibility index (Phi) is 5.96. The van der Waals surface area contributed by atoms with E-state index in [9.17, 15) is 13.2 Å². The Morgan fingerprint density at radius 3 is 2.53 bits per heavy atom. The van der Waals surface area contributed by atoms with E-state index in [0.717, 1.165) is 18.4 Å². The normalized spacial score (nSPS) is 38.0. The Morgan fingerprint density at radius 2 is 1.79 bits per heavy atom. The minimum atomic E-state index is -3.74. The van der Waals surface area contributed by atoms with Crippen molar-refractivity contribution in [1.82, 2.24) is 0 Å². The number of benzene rings is 1. The van der Waals surface area contributed by atoms with Gasteiger partial charge in [-0.25, -0.2) is 0 Å². The zero-order valence-corrected chi connectivity index (χ0v) is 21.7. The Labute approximate surface area is 205 Å². The van der Waals surface area contributed by atoms with Crippen molar-refractivity contribution < 1.29 is 17.4 Å². The molecule has 0 heterocycles. The number of carbonyl (C=O) groups excluding carboxylic acids is 1. The molecule has 0 amide bonds. The second-order valence-electron chi connectivity index (χ2n) is 11.9. The molecule has 4 unspecified atom stereocenters. The maximum Gasteiger partial charge on any atom is 0.296 e. The first-order valence-corrected chi connectivity index (χ1v) is 14.3. The zero-order chi connectivity index (χ0) is 24.3. The van der Waals surface area contributed by atoms with Gasteiger partial charge in [0.1, 0.15) is 0 Å². The van der Waals surface area contributed by atoms with E-state index >= 15 is 0 Å². The van der Waals surface area contributed by atoms with Gasteiger partial charge in [0.25, 0.3) is 10.1 Å². The average molecular weight is 483 g/mol. The molecule has 0 aliphatic heterocycles. The van der Waals surface area contributed by atoms with Gasteiger partial charge in [0, 0.05) is 6.42 Å². The van der Waals surface area contributed by atoms with Crippen LogP contribution in [0.5, 0.6) is 0 Å². The Morgan fingerprint density at radius 1 is 1.06 bits per heavy atom. The molecule has 1 aromatic rings. The number of allylic oxidation sites excluding steroid dienone is 4. The maximum absolute atomic E-state index is 12.7. The third kappa shape index (κ3) is 3.83. The molecule has 2 saturated carbocycles. The second kappa shape index (κ2) is 8.44. The van der Waals surface area contributed by atoms with Crippen LogP contribution in [0, 0.1) is 47.3 Å². The molecule has 0 aromatic heterocycles. The number of carbonyl (C=O) groups is 1. The fourth-order valence-corrected chi connectivity index (χ4v) is 9.06. The molecule has 34 heavy (non-hydrogen) atoms. The highest BCUT2D eigenvalue weighted by atomic mass is 32.2. The number of ketones is 1. The summed E-state index contributed by atoms with van der Waals surface area (Å²) < 4.78 is 31.1. The predicted octanol–water partition coefficient (Wildman–Crippen LogP) is 6.26. The van der Waals surface area contributed by atoms with Gasteiger partial charge in [0.2, 0.25) is 0 Å². The van der Waals surface area contributed by atoms with Crippen molar-refractivity contribution in [3.8, 4) is 0 Å². The lowest BCUT2D eigenvalue weighted by Gasteiger charge is -2.56. The van der Waals surface area contributed by atoms with Crippen molar-refractivity contribution in [2.75, 3.05) is 6.61 Å². The summed E-state index contributed by atoms with van der Waals surface area (Å²) in [5, 5.41) is 0. The van der Waals surface area contributed by atoms with E-state index in [-0.39, 0.29) is 34.0 Å². The van der Waals surface area contributed by atoms with Gasteiger partial charge < -0.3 is 0 Å². The maximum atomic E-state index is 12.7. The molecular formula is C29H38O4S. The van der Waals surface area contributed by atoms with Gasteiger partial charge >= 0.3 is 0 Å². The van der Waals surface area contributed by atoms with Gasteiger partial charge in [0.05, 0.1) is 11.5 Å². The standard InChI is InChI=1S/C29H38O4S/c1-19-5-8-23(9-6-19)34(31,32)33-18-20(2)25-11-12-26-24-10-7-21-17-22(30)13-15-28(21,3)27(24)14-16-29(25,26)4/h5-10,17,20,24-27H,11-16,18H2,1-4H3/t20-,24?,25?,26?,27?,28+,29-/m1/s1. The highest BCUT2D eigenvalue weighted by Crippen LogP contribution is 2.66. The Balaban J connectivity index is 1.31. The van der Waals surface area contributed by atoms with Crippen LogP contribution < -0.4 is 0 Å². The summed E-state index contributed by atoms with van der Waals surface area (Å²) in [6, 6.07) is 6.87. The van der Waals surface area contributed by atoms with Crippen LogP contribution in [0.15, 0.2) is 53.0 Å². The number of aryl methyl sites for hydroxylation is 1. The van der Waals surface area contributed by atoms with Gasteiger partial charge in [-0.15, -0.1) is 0 Å². The summed E-state index contributed by atoms with van der Waals surface area (Å²) in [7, 11) is -3.74. The topological polar surface area (TPSA) is 60.4 Å². The lowest BCUT2D eigenvalue weighted by atomic mass is 9.48. The lowest BCUT2D eigenvalue weighted by molar-refractivity contribution is -0.116. The molecular weight excluding hydrogens is 444 g/mol. The second-order valence-corrected chi connectivity index (χ2v) is 13.5. The summed E-state index contributed by atoms with van der Waals surface area (Å²) in [6.45, 7) is 9.18. The largest absolute Gasteiger partial charge is 0.296 e. The highest BCUT2D eigenvalue weighted by molar-refractivity contribution is 7.86. The van der Waals surface area contributed by atoms with Crippen molar-refractivity contribution >= 4 is 15.9 Å². The summed E-state index contributed by atoms with van der Waals surface area (Å²) in [6.07, 6.45) is 12.9. The van der Waals surface area contributed by atoms with E-state index in [0.29, 0.717) is 30.1 Å². The third-order valence-corrected chi connectivity index (χ3v) is 11.4. The van der Waals surface area contributed by atoms with Crippen LogP contribution in [0.1, 0.15) is 64.9 Å². The zero-order valence-electron chi connectivity index (χ0n) is 20.9. The van der Waals surface area contributed by atoms with Crippen molar-refractivity contribution in [3.63, 3.8) is 0 Å². The number of rotatable bonds is 5. The first kappa shape index (κ1) is 24.0. The van der Waals surface area contributed by atoms with Gasteiger partial charge in [-0.1, -0.05) is 50.6 Å². The molecule has 1 aromatic carbocycles. The molecule has 184 valence electrons. The highest BCUT2D eigenvalue weighted by Gasteiger charge is 2.58. The van der Waals surface area contributed by atoms with Crippen LogP contribution in [0.25, 0.3) is 0 Å². The lowest BCUT2D eigenvalue weighted by Crippen LogP contribution is -2.49. The molecule has 4 aliphatic rings. The summed E-state index contributed by atoms with van der Waals surface area (Å²) in [4.78, 5) is 12.3. The average Bonchev–Trinajstić information content (AvgIpc) is 3.15. The van der Waals surface area contributed by atoms with E-state index in [1.165, 1.54) is 24.8 Å². The van der Waals surface area contributed by atoms with Crippen LogP contribution in [-0.2, 0) is 19.1 Å². The van der Waals surface area contributed by atoms with E-state index in [2.05, 4.69) is 32.9 Å². The van der Waals surface area contributed by atoms with Crippen LogP contribution in [0.2, 0.25) is 0 Å². The van der Waals surface area contributed by atoms with Gasteiger partial charge in [-0.05, 0) is 103 Å². The van der Waals surface area contributed by atoms with Gasteiger partial charge in [0.15, 0.2) is 5.78 Å². The van der Waals surface area contributed by atoms with Crippen LogP contribution >= 0.6 is 0 Å². The molecule has 4 aliphatic carbocycles. The SMILES string of the molecule is Cc1ccc(S(=O)(=O)OC[C@@H](C)C2CCC3C4C=CC5=CC(=O)CC[C@]5(C)C4CC[C@@]32C)cc1. The van der Waals surface area contributed by atoms with Crippen molar-refractivity contribution in [3.05, 3.63) is 53.6 Å². The van der Waals surface area contributed by atoms with Gasteiger partial charge in [-0.2, -0.15) is 8.42 Å². The van der Waals surface area contributed by atoms with E-state index < -0.39 is 10.1 Å². The molecule has 0 N–H and O–H groups in total. The third-order valence-electron chi connectivity index (χ3n) is 10.1. The molecule has 0 bridgehead atoms. The van der Waals surface area contributed by atoms with Crippen LogP contribution in [-0.4, -0.2) is 20.8 Å². The fourth-order valence-electron chi connectivity index (χ4n) is 8.06. The fraction of sp³-hybridized carbons (Fsp3) is 0.621. The van der Waals surface area contributed by atoms with Crippen LogP contribution in [0.4, 0.5) is 0 Å². The molecule has 5 heteroatoms. The number of hydrogen-bond acceptors (Lipinski definition) is 4. The van der Waals surface area contributed by atoms with E-state index in [4.69, 9.17) is 4.18 Å². The van der Waals surface area contributed by atoms with Gasteiger partial charge in [-0.3, -0.25) is 8.98 Å². The number of hydrogen-bond donors (Lipinski definition) is 0. The molecule has 5 rings (SSSR count). The van der Waals surface area contributed by atoms with Crippen molar-refractivity contribution in [1.29, 1.82) is 0 Å². The summed E-state index contributed by atoms with van der Waals surface area (Å²) in [5.74, 6) is 2.66. The van der Waals surface area contributed by atoms with E-state index in [1.54, 1.807) is 12.1 Å². The molecule has 7 atom stereocenters.